The maximum Gasteiger partial charge on any atom is 0.325 e. The predicted molar refractivity (Wildman–Crippen MR) is 94.2 cm³/mol. The molecule has 0 aromatic heterocycles. The van der Waals surface area contributed by atoms with E-state index in [1.54, 1.807) is 0 Å². The summed E-state index contributed by atoms with van der Waals surface area (Å²) < 4.78 is 0. The van der Waals surface area contributed by atoms with Gasteiger partial charge in [-0.1, -0.05) is 24.5 Å². The molecule has 3 N–H and O–H groups in total. The van der Waals surface area contributed by atoms with Crippen molar-refractivity contribution in [3.8, 4) is 0 Å². The highest BCUT2D eigenvalue weighted by Crippen LogP contribution is 2.34. The molecule has 142 valence electrons. The minimum Gasteiger partial charge on any atom is -0.337 e. The van der Waals surface area contributed by atoms with Gasteiger partial charge in [0, 0.05) is 6.54 Å². The Kier molecular flexibility index (Phi) is 5.58. The van der Waals surface area contributed by atoms with Crippen LogP contribution in [0.3, 0.4) is 0 Å². The zero-order valence-corrected chi connectivity index (χ0v) is 14.9. The summed E-state index contributed by atoms with van der Waals surface area (Å²) in [5.74, 6) is -1.03. The number of rotatable bonds is 5. The highest BCUT2D eigenvalue weighted by Gasteiger charge is 2.52. The molecule has 1 heterocycles. The lowest BCUT2D eigenvalue weighted by Gasteiger charge is -2.19. The Balaban J connectivity index is 1.42. The second-order valence-electron chi connectivity index (χ2n) is 7.27. The van der Waals surface area contributed by atoms with Gasteiger partial charge < -0.3 is 10.6 Å². The fourth-order valence-electron chi connectivity index (χ4n) is 3.96. The van der Waals surface area contributed by atoms with Crippen molar-refractivity contribution in [2.45, 2.75) is 63.3 Å². The van der Waals surface area contributed by atoms with Crippen molar-refractivity contribution in [2.75, 3.05) is 13.1 Å². The molecular formula is C18H26N4O4. The monoisotopic (exact) mass is 362 g/mol. The minimum absolute atomic E-state index is 0.361. The molecule has 6 amide bonds. The predicted octanol–water partition coefficient (Wildman–Crippen LogP) is 1.57. The van der Waals surface area contributed by atoms with Crippen LogP contribution in [0.2, 0.25) is 0 Å². The Labute approximate surface area is 152 Å². The molecule has 3 aliphatic rings. The fourth-order valence-corrected chi connectivity index (χ4v) is 3.96. The van der Waals surface area contributed by atoms with E-state index in [1.807, 2.05) is 0 Å². The van der Waals surface area contributed by atoms with Crippen molar-refractivity contribution in [1.82, 2.24) is 20.9 Å². The van der Waals surface area contributed by atoms with Crippen LogP contribution >= 0.6 is 0 Å². The van der Waals surface area contributed by atoms with Gasteiger partial charge in [0.05, 0.1) is 0 Å². The molecule has 26 heavy (non-hydrogen) atoms. The maximum absolute atomic E-state index is 12.5. The summed E-state index contributed by atoms with van der Waals surface area (Å²) in [6, 6.07) is -1.16. The largest absolute Gasteiger partial charge is 0.337 e. The van der Waals surface area contributed by atoms with Crippen LogP contribution in [-0.4, -0.2) is 47.4 Å². The number of carbonyl (C=O) groups is 4. The third-order valence-electron chi connectivity index (χ3n) is 5.37. The van der Waals surface area contributed by atoms with Crippen molar-refractivity contribution in [2.24, 2.45) is 0 Å². The molecule has 2 fully saturated rings. The second kappa shape index (κ2) is 7.88. The van der Waals surface area contributed by atoms with E-state index >= 15 is 0 Å². The van der Waals surface area contributed by atoms with Crippen LogP contribution in [0.15, 0.2) is 11.6 Å². The number of carbonyl (C=O) groups excluding carboxylic acids is 4. The van der Waals surface area contributed by atoms with Crippen LogP contribution in [0.4, 0.5) is 9.59 Å². The first kappa shape index (κ1) is 18.4. The van der Waals surface area contributed by atoms with E-state index in [0.29, 0.717) is 19.4 Å². The van der Waals surface area contributed by atoms with Gasteiger partial charge in [-0.05, 0) is 44.9 Å². The summed E-state index contributed by atoms with van der Waals surface area (Å²) in [4.78, 5) is 49.2. The van der Waals surface area contributed by atoms with Gasteiger partial charge in [-0.25, -0.2) is 9.59 Å². The fraction of sp³-hybridized carbons (Fsp3) is 0.667. The SMILES string of the molecule is O=C(CN1C(=O)NC2(CCCC2)C1=O)NC(=O)NCCC1=CCCCC1. The second-order valence-corrected chi connectivity index (χ2v) is 7.27. The Morgan fingerprint density at radius 1 is 1.15 bits per heavy atom. The van der Waals surface area contributed by atoms with Gasteiger partial charge in [0.15, 0.2) is 0 Å². The molecule has 0 aromatic rings. The van der Waals surface area contributed by atoms with Crippen molar-refractivity contribution < 1.29 is 19.2 Å². The molecule has 0 bridgehead atoms. The Morgan fingerprint density at radius 2 is 1.92 bits per heavy atom. The lowest BCUT2D eigenvalue weighted by molar-refractivity contribution is -0.134. The molecule has 1 aliphatic heterocycles. The summed E-state index contributed by atoms with van der Waals surface area (Å²) >= 11 is 0. The van der Waals surface area contributed by atoms with Gasteiger partial charge in [0.1, 0.15) is 12.1 Å². The molecule has 0 aromatic carbocycles. The first-order chi connectivity index (χ1) is 12.5. The first-order valence-corrected chi connectivity index (χ1v) is 9.40. The number of nitrogens with zero attached hydrogens (tertiary/aromatic N) is 1. The van der Waals surface area contributed by atoms with Gasteiger partial charge in [-0.2, -0.15) is 0 Å². The van der Waals surface area contributed by atoms with E-state index in [4.69, 9.17) is 0 Å². The summed E-state index contributed by atoms with van der Waals surface area (Å²) in [5.41, 5.74) is 0.497. The molecule has 2 aliphatic carbocycles. The number of hydrogen-bond donors (Lipinski definition) is 3. The lowest BCUT2D eigenvalue weighted by atomic mass is 9.97. The number of imide groups is 2. The Morgan fingerprint density at radius 3 is 2.62 bits per heavy atom. The average molecular weight is 362 g/mol. The zero-order chi connectivity index (χ0) is 18.6. The molecule has 8 heteroatoms. The van der Waals surface area contributed by atoms with Crippen molar-refractivity contribution in [3.63, 3.8) is 0 Å². The molecule has 0 atom stereocenters. The summed E-state index contributed by atoms with van der Waals surface area (Å²) in [6.07, 6.45) is 10.5. The Bertz CT molecular complexity index is 637. The van der Waals surface area contributed by atoms with Crippen LogP contribution < -0.4 is 16.0 Å². The molecule has 8 nitrogen and oxygen atoms in total. The third-order valence-corrected chi connectivity index (χ3v) is 5.37. The van der Waals surface area contributed by atoms with E-state index in [-0.39, 0.29) is 5.91 Å². The van der Waals surface area contributed by atoms with Gasteiger partial charge in [-0.15, -0.1) is 0 Å². The van der Waals surface area contributed by atoms with Crippen LogP contribution in [0.25, 0.3) is 0 Å². The quantitative estimate of drug-likeness (QED) is 0.509. The van der Waals surface area contributed by atoms with E-state index in [1.165, 1.54) is 18.4 Å². The smallest absolute Gasteiger partial charge is 0.325 e. The standard InChI is InChI=1S/C18H26N4O4/c23-14(20-16(25)19-11-8-13-6-2-1-3-7-13)12-22-15(24)18(21-17(22)26)9-4-5-10-18/h6H,1-5,7-12H2,(H,21,26)(H2,19,20,23,25). The van der Waals surface area contributed by atoms with Crippen LogP contribution in [0.1, 0.15) is 57.8 Å². The van der Waals surface area contributed by atoms with E-state index < -0.39 is 30.1 Å². The summed E-state index contributed by atoms with van der Waals surface area (Å²) in [6.45, 7) is 0.0160. The highest BCUT2D eigenvalue weighted by molar-refractivity contribution is 6.10. The maximum atomic E-state index is 12.5. The summed E-state index contributed by atoms with van der Waals surface area (Å²) in [5, 5.41) is 7.53. The lowest BCUT2D eigenvalue weighted by Crippen LogP contribution is -2.47. The van der Waals surface area contributed by atoms with Gasteiger partial charge in [0.25, 0.3) is 5.91 Å². The number of amides is 6. The molecule has 0 unspecified atom stereocenters. The highest BCUT2D eigenvalue weighted by atomic mass is 16.2. The summed E-state index contributed by atoms with van der Waals surface area (Å²) in [7, 11) is 0. The molecule has 3 rings (SSSR count). The molecule has 1 spiro atoms. The molecule has 1 saturated carbocycles. The number of hydrogen-bond acceptors (Lipinski definition) is 4. The van der Waals surface area contributed by atoms with E-state index in [0.717, 1.165) is 37.0 Å². The minimum atomic E-state index is -0.840. The number of urea groups is 2. The van der Waals surface area contributed by atoms with Crippen LogP contribution in [0, 0.1) is 0 Å². The number of allylic oxidation sites excluding steroid dienone is 1. The molecular weight excluding hydrogens is 336 g/mol. The Hall–Kier alpha value is -2.38. The number of nitrogens with one attached hydrogen (secondary N) is 3. The molecule has 1 saturated heterocycles. The van der Waals surface area contributed by atoms with Gasteiger partial charge >= 0.3 is 12.1 Å². The van der Waals surface area contributed by atoms with Crippen LogP contribution in [0.5, 0.6) is 0 Å². The van der Waals surface area contributed by atoms with Crippen molar-refractivity contribution in [1.29, 1.82) is 0 Å². The topological polar surface area (TPSA) is 108 Å². The molecule has 0 radical (unpaired) electrons. The van der Waals surface area contributed by atoms with Gasteiger partial charge in [-0.3, -0.25) is 19.8 Å². The zero-order valence-electron chi connectivity index (χ0n) is 14.9. The van der Waals surface area contributed by atoms with Gasteiger partial charge in [0.2, 0.25) is 5.91 Å². The van der Waals surface area contributed by atoms with Crippen LogP contribution in [-0.2, 0) is 9.59 Å². The normalized spacial score (nSPS) is 21.5. The third kappa shape index (κ3) is 4.05. The van der Waals surface area contributed by atoms with Crippen molar-refractivity contribution in [3.05, 3.63) is 11.6 Å². The van der Waals surface area contributed by atoms with E-state index in [2.05, 4.69) is 22.0 Å². The van der Waals surface area contributed by atoms with Crippen molar-refractivity contribution >= 4 is 23.9 Å². The first-order valence-electron chi connectivity index (χ1n) is 9.40. The average Bonchev–Trinajstić information content (AvgIpc) is 3.17. The van der Waals surface area contributed by atoms with E-state index in [9.17, 15) is 19.2 Å².